The molecule has 0 radical (unpaired) electrons. The Morgan fingerprint density at radius 1 is 1.31 bits per heavy atom. The molecule has 0 spiro atoms. The molecule has 2 aromatic heterocycles. The molecular weight excluding hydrogens is 330 g/mol. The van der Waals surface area contributed by atoms with Gasteiger partial charge in [-0.05, 0) is 44.2 Å². The molecule has 1 aliphatic heterocycles. The molecule has 1 aromatic carbocycles. The zero-order valence-corrected chi connectivity index (χ0v) is 14.9. The number of carbonyl (C=O) groups excluding carboxylic acids is 1. The topological polar surface area (TPSA) is 79.2 Å². The van der Waals surface area contributed by atoms with E-state index in [1.165, 1.54) is 0 Å². The van der Waals surface area contributed by atoms with E-state index in [1.54, 1.807) is 13.8 Å². The van der Waals surface area contributed by atoms with Crippen molar-refractivity contribution in [2.24, 2.45) is 0 Å². The van der Waals surface area contributed by atoms with Crippen LogP contribution in [-0.4, -0.2) is 34.0 Å². The van der Waals surface area contributed by atoms with Crippen molar-refractivity contribution in [1.29, 1.82) is 0 Å². The summed E-state index contributed by atoms with van der Waals surface area (Å²) in [5.74, 6) is 0.619. The fourth-order valence-corrected chi connectivity index (χ4v) is 3.81. The monoisotopic (exact) mass is 351 g/mol. The van der Waals surface area contributed by atoms with Crippen molar-refractivity contribution in [2.75, 3.05) is 13.1 Å². The van der Waals surface area contributed by atoms with Crippen molar-refractivity contribution in [3.8, 4) is 0 Å². The smallest absolute Gasteiger partial charge is 0.259 e. The molecule has 1 N–H and O–H groups in total. The Labute approximate surface area is 150 Å². The summed E-state index contributed by atoms with van der Waals surface area (Å²) < 4.78 is 5.14. The number of carbonyl (C=O) groups is 1. The first-order valence-electron chi connectivity index (χ1n) is 8.88. The molecule has 4 rings (SSSR count). The molecule has 1 amide bonds. The second-order valence-electron chi connectivity index (χ2n) is 6.93. The van der Waals surface area contributed by atoms with Gasteiger partial charge < -0.3 is 14.4 Å². The van der Waals surface area contributed by atoms with E-state index in [0.29, 0.717) is 35.5 Å². The Balaban J connectivity index is 1.63. The van der Waals surface area contributed by atoms with Gasteiger partial charge in [0.2, 0.25) is 0 Å². The third kappa shape index (κ3) is 2.81. The van der Waals surface area contributed by atoms with Gasteiger partial charge in [-0.15, -0.1) is 0 Å². The van der Waals surface area contributed by atoms with Crippen LogP contribution in [0.4, 0.5) is 0 Å². The SMILES string of the molecule is Cc1noc(C)c1C(=O)N1CCCC(c2cc3ccccc3c(=O)[nH]2)C1. The van der Waals surface area contributed by atoms with Crippen LogP contribution in [0, 0.1) is 13.8 Å². The number of aryl methyl sites for hydroxylation is 2. The Bertz CT molecular complexity index is 1010. The van der Waals surface area contributed by atoms with Gasteiger partial charge in [-0.25, -0.2) is 0 Å². The highest BCUT2D eigenvalue weighted by Gasteiger charge is 2.29. The van der Waals surface area contributed by atoms with Crippen LogP contribution < -0.4 is 5.56 Å². The molecule has 0 bridgehead atoms. The highest BCUT2D eigenvalue weighted by atomic mass is 16.5. The largest absolute Gasteiger partial charge is 0.361 e. The highest BCUT2D eigenvalue weighted by Crippen LogP contribution is 2.28. The van der Waals surface area contributed by atoms with Crippen molar-refractivity contribution < 1.29 is 9.32 Å². The quantitative estimate of drug-likeness (QED) is 0.769. The number of hydrogen-bond acceptors (Lipinski definition) is 4. The maximum Gasteiger partial charge on any atom is 0.259 e. The van der Waals surface area contributed by atoms with Gasteiger partial charge in [0.15, 0.2) is 0 Å². The zero-order valence-electron chi connectivity index (χ0n) is 14.9. The van der Waals surface area contributed by atoms with Crippen LogP contribution in [0.25, 0.3) is 10.8 Å². The van der Waals surface area contributed by atoms with Gasteiger partial charge in [-0.2, -0.15) is 0 Å². The molecular formula is C20H21N3O3. The number of hydrogen-bond donors (Lipinski definition) is 1. The minimum Gasteiger partial charge on any atom is -0.361 e. The number of rotatable bonds is 2. The van der Waals surface area contributed by atoms with E-state index in [1.807, 2.05) is 35.2 Å². The minimum absolute atomic E-state index is 0.0471. The Kier molecular flexibility index (Phi) is 4.11. The number of pyridine rings is 1. The van der Waals surface area contributed by atoms with Gasteiger partial charge in [0, 0.05) is 30.1 Å². The van der Waals surface area contributed by atoms with E-state index in [2.05, 4.69) is 10.1 Å². The zero-order chi connectivity index (χ0) is 18.3. The van der Waals surface area contributed by atoms with Crippen LogP contribution >= 0.6 is 0 Å². The number of H-pyrrole nitrogens is 1. The van der Waals surface area contributed by atoms with Crippen LogP contribution in [0.5, 0.6) is 0 Å². The normalized spacial score (nSPS) is 17.6. The number of amides is 1. The summed E-state index contributed by atoms with van der Waals surface area (Å²) in [6.45, 7) is 4.83. The van der Waals surface area contributed by atoms with E-state index < -0.39 is 0 Å². The van der Waals surface area contributed by atoms with Gasteiger partial charge in [0.1, 0.15) is 11.3 Å². The standard InChI is InChI=1S/C20H21N3O3/c1-12-18(13(2)26-22-12)20(25)23-9-5-7-15(11-23)17-10-14-6-3-4-8-16(14)19(24)21-17/h3-4,6,8,10,15H,5,7,9,11H2,1-2H3,(H,21,24). The van der Waals surface area contributed by atoms with E-state index in [-0.39, 0.29) is 17.4 Å². The van der Waals surface area contributed by atoms with Crippen LogP contribution in [-0.2, 0) is 0 Å². The molecule has 1 aliphatic rings. The average molecular weight is 351 g/mol. The summed E-state index contributed by atoms with van der Waals surface area (Å²) in [6.07, 6.45) is 1.84. The molecule has 0 aliphatic carbocycles. The molecule has 26 heavy (non-hydrogen) atoms. The molecule has 6 nitrogen and oxygen atoms in total. The number of nitrogens with zero attached hydrogens (tertiary/aromatic N) is 2. The fourth-order valence-electron chi connectivity index (χ4n) is 3.81. The molecule has 1 saturated heterocycles. The van der Waals surface area contributed by atoms with E-state index in [4.69, 9.17) is 4.52 Å². The van der Waals surface area contributed by atoms with Crippen LogP contribution in [0.2, 0.25) is 0 Å². The molecule has 1 unspecified atom stereocenters. The Hall–Kier alpha value is -2.89. The number of benzene rings is 1. The summed E-state index contributed by atoms with van der Waals surface area (Å²) >= 11 is 0. The van der Waals surface area contributed by atoms with Crippen molar-refractivity contribution in [3.05, 3.63) is 63.4 Å². The second kappa shape index (κ2) is 6.44. The van der Waals surface area contributed by atoms with Gasteiger partial charge in [-0.3, -0.25) is 9.59 Å². The number of aromatic nitrogens is 2. The van der Waals surface area contributed by atoms with Crippen molar-refractivity contribution in [3.63, 3.8) is 0 Å². The third-order valence-electron chi connectivity index (χ3n) is 5.17. The van der Waals surface area contributed by atoms with Crippen molar-refractivity contribution in [1.82, 2.24) is 15.0 Å². The van der Waals surface area contributed by atoms with Gasteiger partial charge >= 0.3 is 0 Å². The molecule has 134 valence electrons. The average Bonchev–Trinajstić information content (AvgIpc) is 2.99. The summed E-state index contributed by atoms with van der Waals surface area (Å²) in [7, 11) is 0. The van der Waals surface area contributed by atoms with E-state index >= 15 is 0 Å². The molecule has 1 fully saturated rings. The van der Waals surface area contributed by atoms with Crippen molar-refractivity contribution in [2.45, 2.75) is 32.6 Å². The molecule has 3 heterocycles. The van der Waals surface area contributed by atoms with Crippen LogP contribution in [0.15, 0.2) is 39.6 Å². The molecule has 1 atom stereocenters. The van der Waals surface area contributed by atoms with Crippen LogP contribution in [0.1, 0.15) is 46.3 Å². The Morgan fingerprint density at radius 2 is 2.12 bits per heavy atom. The number of piperidine rings is 1. The maximum atomic E-state index is 12.9. The lowest BCUT2D eigenvalue weighted by atomic mass is 9.92. The van der Waals surface area contributed by atoms with E-state index in [0.717, 1.165) is 23.9 Å². The van der Waals surface area contributed by atoms with Crippen LogP contribution in [0.3, 0.4) is 0 Å². The number of fused-ring (bicyclic) bond motifs is 1. The predicted molar refractivity (Wildman–Crippen MR) is 98.4 cm³/mol. The third-order valence-corrected chi connectivity index (χ3v) is 5.17. The molecule has 0 saturated carbocycles. The van der Waals surface area contributed by atoms with Gasteiger partial charge in [0.25, 0.3) is 11.5 Å². The molecule has 3 aromatic rings. The maximum absolute atomic E-state index is 12.9. The first-order valence-corrected chi connectivity index (χ1v) is 8.88. The number of likely N-dealkylation sites (tertiary alicyclic amines) is 1. The summed E-state index contributed by atoms with van der Waals surface area (Å²) in [4.78, 5) is 30.1. The lowest BCUT2D eigenvalue weighted by molar-refractivity contribution is 0.0703. The van der Waals surface area contributed by atoms with Gasteiger partial charge in [0.05, 0.1) is 5.69 Å². The lowest BCUT2D eigenvalue weighted by Crippen LogP contribution is -2.40. The first-order chi connectivity index (χ1) is 12.5. The first kappa shape index (κ1) is 16.6. The number of nitrogens with one attached hydrogen (secondary N) is 1. The Morgan fingerprint density at radius 3 is 2.88 bits per heavy atom. The summed E-state index contributed by atoms with van der Waals surface area (Å²) in [5.41, 5.74) is 1.99. The minimum atomic E-state index is -0.0766. The predicted octanol–water partition coefficient (Wildman–Crippen LogP) is 3.15. The number of aromatic amines is 1. The highest BCUT2D eigenvalue weighted by molar-refractivity contribution is 5.96. The summed E-state index contributed by atoms with van der Waals surface area (Å²) in [6, 6.07) is 9.60. The van der Waals surface area contributed by atoms with Gasteiger partial charge in [-0.1, -0.05) is 23.4 Å². The van der Waals surface area contributed by atoms with E-state index in [9.17, 15) is 9.59 Å². The lowest BCUT2D eigenvalue weighted by Gasteiger charge is -2.32. The summed E-state index contributed by atoms with van der Waals surface area (Å²) in [5, 5.41) is 5.51. The van der Waals surface area contributed by atoms with Crippen molar-refractivity contribution >= 4 is 16.7 Å². The molecule has 6 heteroatoms. The second-order valence-corrected chi connectivity index (χ2v) is 6.93. The fraction of sp³-hybridized carbons (Fsp3) is 0.350.